The number of likely N-dealkylation sites (tertiary alicyclic amines) is 3. The summed E-state index contributed by atoms with van der Waals surface area (Å²) in [6, 6.07) is 11.0. The van der Waals surface area contributed by atoms with Crippen LogP contribution in [0.15, 0.2) is 36.4 Å². The monoisotopic (exact) mass is 618 g/mol. The van der Waals surface area contributed by atoms with Crippen LogP contribution in [-0.2, 0) is 9.59 Å². The van der Waals surface area contributed by atoms with Gasteiger partial charge in [-0.2, -0.15) is 0 Å². The zero-order chi connectivity index (χ0) is 29.3. The number of carbonyl (C=O) groups excluding carboxylic acids is 3. The smallest absolute Gasteiger partial charge is 0.255 e. The minimum atomic E-state index is -0.103. The Morgan fingerprint density at radius 3 is 2.22 bits per heavy atom. The number of halogens is 3. The Labute approximate surface area is 257 Å². The van der Waals surface area contributed by atoms with Crippen LogP contribution >= 0.6 is 34.8 Å². The van der Waals surface area contributed by atoms with Gasteiger partial charge >= 0.3 is 0 Å². The molecule has 0 aromatic heterocycles. The Bertz CT molecular complexity index is 1300. The highest BCUT2D eigenvalue weighted by molar-refractivity contribution is 6.43. The molecule has 3 aliphatic heterocycles. The van der Waals surface area contributed by atoms with Crippen LogP contribution in [0.1, 0.15) is 42.1 Å². The van der Waals surface area contributed by atoms with Crippen molar-refractivity contribution in [3.63, 3.8) is 0 Å². The minimum Gasteiger partial charge on any atom is -0.343 e. The fraction of sp³-hybridized carbons (Fsp3) is 0.516. The van der Waals surface area contributed by atoms with Gasteiger partial charge in [0.25, 0.3) is 5.91 Å². The second-order valence-corrected chi connectivity index (χ2v) is 12.8. The average Bonchev–Trinajstić information content (AvgIpc) is 3.53. The number of hydrogen-bond acceptors (Lipinski definition) is 4. The molecule has 7 nitrogen and oxygen atoms in total. The zero-order valence-corrected chi connectivity index (χ0v) is 25.9. The van der Waals surface area contributed by atoms with Crippen molar-refractivity contribution < 1.29 is 14.4 Å². The number of piperidine rings is 1. The summed E-state index contributed by atoms with van der Waals surface area (Å²) >= 11 is 18.9. The van der Waals surface area contributed by atoms with Gasteiger partial charge in [0.15, 0.2) is 0 Å². The first-order valence-electron chi connectivity index (χ1n) is 14.4. The predicted octanol–water partition coefficient (Wildman–Crippen LogP) is 5.64. The molecule has 3 fully saturated rings. The summed E-state index contributed by atoms with van der Waals surface area (Å²) in [6.45, 7) is 9.57. The molecule has 10 heteroatoms. The second kappa shape index (κ2) is 12.9. The zero-order valence-electron chi connectivity index (χ0n) is 23.6. The fourth-order valence-electron chi connectivity index (χ4n) is 6.51. The Morgan fingerprint density at radius 1 is 0.902 bits per heavy atom. The Kier molecular flexibility index (Phi) is 9.49. The number of anilines is 1. The first-order chi connectivity index (χ1) is 19.6. The molecule has 3 heterocycles. The molecule has 2 atom stereocenters. The lowest BCUT2D eigenvalue weighted by molar-refractivity contribution is -0.133. The third kappa shape index (κ3) is 6.69. The molecule has 0 radical (unpaired) electrons. The number of rotatable bonds is 7. The molecule has 0 aliphatic carbocycles. The summed E-state index contributed by atoms with van der Waals surface area (Å²) in [5, 5.41) is 1.36. The lowest BCUT2D eigenvalue weighted by atomic mass is 9.94. The van der Waals surface area contributed by atoms with Crippen LogP contribution in [0, 0.1) is 24.7 Å². The number of aryl methyl sites for hydroxylation is 1. The van der Waals surface area contributed by atoms with Crippen molar-refractivity contribution in [2.45, 2.75) is 33.1 Å². The van der Waals surface area contributed by atoms with Crippen LogP contribution in [0.4, 0.5) is 5.69 Å². The molecule has 0 bridgehead atoms. The first kappa shape index (κ1) is 30.1. The number of carbonyl (C=O) groups is 3. The first-order valence-corrected chi connectivity index (χ1v) is 15.5. The van der Waals surface area contributed by atoms with E-state index in [1.54, 1.807) is 25.1 Å². The third-order valence-corrected chi connectivity index (χ3v) is 10.1. The van der Waals surface area contributed by atoms with Crippen molar-refractivity contribution in [3.8, 4) is 0 Å². The van der Waals surface area contributed by atoms with Crippen molar-refractivity contribution in [1.29, 1.82) is 0 Å². The van der Waals surface area contributed by atoms with E-state index in [0.717, 1.165) is 37.3 Å². The second-order valence-electron chi connectivity index (χ2n) is 11.6. The van der Waals surface area contributed by atoms with Crippen molar-refractivity contribution in [1.82, 2.24) is 14.7 Å². The van der Waals surface area contributed by atoms with Gasteiger partial charge in [-0.3, -0.25) is 14.4 Å². The molecule has 41 heavy (non-hydrogen) atoms. The molecule has 5 rings (SSSR count). The molecule has 220 valence electrons. The predicted molar refractivity (Wildman–Crippen MR) is 164 cm³/mol. The van der Waals surface area contributed by atoms with E-state index in [1.165, 1.54) is 0 Å². The van der Waals surface area contributed by atoms with Crippen molar-refractivity contribution in [2.24, 2.45) is 17.8 Å². The van der Waals surface area contributed by atoms with E-state index in [2.05, 4.69) is 4.90 Å². The molecule has 2 aromatic carbocycles. The van der Waals surface area contributed by atoms with Crippen molar-refractivity contribution >= 4 is 58.2 Å². The number of fused-ring (bicyclic) bond motifs is 1. The average molecular weight is 620 g/mol. The highest BCUT2D eigenvalue weighted by atomic mass is 35.5. The Morgan fingerprint density at radius 2 is 1.59 bits per heavy atom. The summed E-state index contributed by atoms with van der Waals surface area (Å²) in [7, 11) is 0. The highest BCUT2D eigenvalue weighted by Crippen LogP contribution is 2.34. The van der Waals surface area contributed by atoms with E-state index >= 15 is 0 Å². The standard InChI is InChI=1S/C31H37Cl3N4O3/c1-20-7-8-25(15-28(20)33)38(30(40)22-9-13-36(14-10-22)21(2)39)12-4-11-35-16-23-18-37(19-24(23)17-35)31(41)26-5-3-6-27(32)29(26)34/h3,5-8,15,22-24H,4,9-14,16-19H2,1-2H3. The van der Waals surface area contributed by atoms with Crippen LogP contribution in [0.3, 0.4) is 0 Å². The van der Waals surface area contributed by atoms with E-state index in [0.29, 0.717) is 78.0 Å². The highest BCUT2D eigenvalue weighted by Gasteiger charge is 2.42. The number of benzene rings is 2. The quantitative estimate of drug-likeness (QED) is 0.403. The van der Waals surface area contributed by atoms with Gasteiger partial charge in [0, 0.05) is 69.4 Å². The van der Waals surface area contributed by atoms with Crippen LogP contribution in [0.2, 0.25) is 15.1 Å². The molecule has 0 spiro atoms. The summed E-state index contributed by atoms with van der Waals surface area (Å²) in [4.78, 5) is 46.7. The van der Waals surface area contributed by atoms with Gasteiger partial charge < -0.3 is 19.6 Å². The maximum Gasteiger partial charge on any atom is 0.255 e. The summed E-state index contributed by atoms with van der Waals surface area (Å²) in [5.41, 5.74) is 2.27. The fourth-order valence-corrected chi connectivity index (χ4v) is 7.06. The molecular formula is C31H37Cl3N4O3. The normalized spacial score (nSPS) is 21.3. The molecule has 3 saturated heterocycles. The van der Waals surface area contributed by atoms with Gasteiger partial charge in [0.1, 0.15) is 0 Å². The number of hydrogen-bond donors (Lipinski definition) is 0. The molecule has 2 unspecified atom stereocenters. The van der Waals surface area contributed by atoms with Gasteiger partial charge in [-0.15, -0.1) is 0 Å². The molecule has 3 amide bonds. The maximum atomic E-state index is 13.7. The molecule has 2 aromatic rings. The molecule has 3 aliphatic rings. The van der Waals surface area contributed by atoms with Crippen LogP contribution in [0.5, 0.6) is 0 Å². The molecule has 0 N–H and O–H groups in total. The topological polar surface area (TPSA) is 64.2 Å². The molecular weight excluding hydrogens is 583 g/mol. The lowest BCUT2D eigenvalue weighted by Crippen LogP contribution is -2.44. The van der Waals surface area contributed by atoms with Gasteiger partial charge in [-0.1, -0.05) is 46.9 Å². The third-order valence-electron chi connectivity index (χ3n) is 8.91. The number of amides is 3. The Hall–Kier alpha value is -2.32. The summed E-state index contributed by atoms with van der Waals surface area (Å²) in [6.07, 6.45) is 2.20. The SMILES string of the molecule is CC(=O)N1CCC(C(=O)N(CCCN2CC3CN(C(=O)c4cccc(Cl)c4Cl)CC3C2)c2ccc(C)c(Cl)c2)CC1. The van der Waals surface area contributed by atoms with Gasteiger partial charge in [-0.25, -0.2) is 0 Å². The summed E-state index contributed by atoms with van der Waals surface area (Å²) in [5.74, 6) is 0.871. The van der Waals surface area contributed by atoms with Gasteiger partial charge in [0.05, 0.1) is 15.6 Å². The minimum absolute atomic E-state index is 0.0569. The largest absolute Gasteiger partial charge is 0.343 e. The van der Waals surface area contributed by atoms with E-state index in [-0.39, 0.29) is 23.6 Å². The number of nitrogens with zero attached hydrogens (tertiary/aromatic N) is 4. The van der Waals surface area contributed by atoms with Crippen LogP contribution in [0.25, 0.3) is 0 Å². The van der Waals surface area contributed by atoms with Crippen LogP contribution < -0.4 is 4.90 Å². The van der Waals surface area contributed by atoms with Gasteiger partial charge in [-0.05, 0) is 74.4 Å². The lowest BCUT2D eigenvalue weighted by Gasteiger charge is -2.34. The summed E-state index contributed by atoms with van der Waals surface area (Å²) < 4.78 is 0. The van der Waals surface area contributed by atoms with E-state index in [9.17, 15) is 14.4 Å². The molecule has 0 saturated carbocycles. The maximum absolute atomic E-state index is 13.7. The van der Waals surface area contributed by atoms with Gasteiger partial charge in [0.2, 0.25) is 11.8 Å². The van der Waals surface area contributed by atoms with E-state index in [1.807, 2.05) is 39.8 Å². The Balaban J connectivity index is 1.17. The van der Waals surface area contributed by atoms with Crippen molar-refractivity contribution in [2.75, 3.05) is 57.3 Å². The van der Waals surface area contributed by atoms with Crippen molar-refractivity contribution in [3.05, 3.63) is 62.6 Å². The van der Waals surface area contributed by atoms with E-state index < -0.39 is 0 Å². The van der Waals surface area contributed by atoms with E-state index in [4.69, 9.17) is 34.8 Å². The van der Waals surface area contributed by atoms with Crippen LogP contribution in [-0.4, -0.2) is 84.8 Å².